The van der Waals surface area contributed by atoms with Gasteiger partial charge in [0, 0.05) is 13.1 Å². The number of halogens is 1. The Kier molecular flexibility index (Phi) is 7.21. The van der Waals surface area contributed by atoms with E-state index >= 15 is 0 Å². The minimum atomic E-state index is 0. The molecule has 1 heterocycles. The van der Waals surface area contributed by atoms with Crippen LogP contribution in [0.25, 0.3) is 0 Å². The molecule has 1 unspecified atom stereocenters. The summed E-state index contributed by atoms with van der Waals surface area (Å²) in [7, 11) is 0. The summed E-state index contributed by atoms with van der Waals surface area (Å²) in [4.78, 5) is 2.51. The zero-order valence-electron chi connectivity index (χ0n) is 11.7. The molecule has 2 N–H and O–H groups in total. The fraction of sp³-hybridized carbons (Fsp3) is 0.600. The van der Waals surface area contributed by atoms with E-state index in [9.17, 15) is 0 Å². The van der Waals surface area contributed by atoms with Gasteiger partial charge in [0.15, 0.2) is 0 Å². The van der Waals surface area contributed by atoms with Crippen molar-refractivity contribution in [1.29, 1.82) is 0 Å². The molecule has 1 atom stereocenters. The minimum Gasteiger partial charge on any atom is -0.494 e. The van der Waals surface area contributed by atoms with Crippen molar-refractivity contribution < 1.29 is 4.74 Å². The Balaban J connectivity index is 0.00000180. The third-order valence-corrected chi connectivity index (χ3v) is 3.55. The minimum absolute atomic E-state index is 0. The van der Waals surface area contributed by atoms with Crippen molar-refractivity contribution in [2.45, 2.75) is 26.3 Å². The highest BCUT2D eigenvalue weighted by atomic mass is 35.5. The van der Waals surface area contributed by atoms with Crippen LogP contribution in [-0.4, -0.2) is 31.1 Å². The summed E-state index contributed by atoms with van der Waals surface area (Å²) in [5, 5.41) is 0. The highest BCUT2D eigenvalue weighted by molar-refractivity contribution is 5.85. The second-order valence-corrected chi connectivity index (χ2v) is 5.06. The molecule has 3 nitrogen and oxygen atoms in total. The number of nitrogens with two attached hydrogens (primary N) is 1. The maximum atomic E-state index is 5.78. The summed E-state index contributed by atoms with van der Waals surface area (Å²) in [5.41, 5.74) is 7.11. The molecule has 2 rings (SSSR count). The Morgan fingerprint density at radius 1 is 1.42 bits per heavy atom. The lowest BCUT2D eigenvalue weighted by Gasteiger charge is -2.32. The fourth-order valence-electron chi connectivity index (χ4n) is 2.65. The lowest BCUT2D eigenvalue weighted by molar-refractivity contribution is 0.171. The van der Waals surface area contributed by atoms with Gasteiger partial charge in [-0.2, -0.15) is 0 Å². The van der Waals surface area contributed by atoms with E-state index in [0.717, 1.165) is 32.0 Å². The lowest BCUT2D eigenvalue weighted by Crippen LogP contribution is -2.37. The second-order valence-electron chi connectivity index (χ2n) is 5.06. The molecule has 0 aliphatic carbocycles. The number of hydrogen-bond acceptors (Lipinski definition) is 3. The maximum absolute atomic E-state index is 5.78. The molecule has 108 valence electrons. The van der Waals surface area contributed by atoms with Gasteiger partial charge in [0.2, 0.25) is 0 Å². The van der Waals surface area contributed by atoms with Crippen LogP contribution in [0.5, 0.6) is 5.75 Å². The summed E-state index contributed by atoms with van der Waals surface area (Å²) in [5.74, 6) is 1.65. The number of piperidine rings is 1. The van der Waals surface area contributed by atoms with Crippen molar-refractivity contribution in [2.75, 3.05) is 26.2 Å². The molecular formula is C15H25ClN2O. The summed E-state index contributed by atoms with van der Waals surface area (Å²) < 4.78 is 5.54. The van der Waals surface area contributed by atoms with Crippen LogP contribution in [0.1, 0.15) is 25.3 Å². The van der Waals surface area contributed by atoms with Gasteiger partial charge < -0.3 is 10.5 Å². The van der Waals surface area contributed by atoms with Crippen LogP contribution in [-0.2, 0) is 6.54 Å². The Morgan fingerprint density at radius 3 is 3.00 bits per heavy atom. The Morgan fingerprint density at radius 2 is 2.26 bits per heavy atom. The number of rotatable bonds is 5. The molecule has 1 saturated heterocycles. The molecule has 0 spiro atoms. The van der Waals surface area contributed by atoms with Crippen LogP contribution in [0, 0.1) is 5.92 Å². The van der Waals surface area contributed by atoms with E-state index in [2.05, 4.69) is 23.1 Å². The Bertz CT molecular complexity index is 373. The maximum Gasteiger partial charge on any atom is 0.119 e. The first-order valence-electron chi connectivity index (χ1n) is 6.96. The standard InChI is InChI=1S/C15H24N2O.ClH/c1-2-18-15-7-3-5-13(9-15)11-17-8-4-6-14(10-16)12-17;/h3,5,7,9,14H,2,4,6,8,10-12,16H2,1H3;1H. The first-order valence-corrected chi connectivity index (χ1v) is 6.96. The summed E-state index contributed by atoms with van der Waals surface area (Å²) in [6, 6.07) is 8.42. The van der Waals surface area contributed by atoms with Crippen molar-refractivity contribution in [1.82, 2.24) is 4.90 Å². The zero-order valence-corrected chi connectivity index (χ0v) is 12.5. The van der Waals surface area contributed by atoms with Gasteiger partial charge in [-0.1, -0.05) is 12.1 Å². The first kappa shape index (κ1) is 16.3. The largest absolute Gasteiger partial charge is 0.494 e. The van der Waals surface area contributed by atoms with E-state index in [1.807, 2.05) is 13.0 Å². The molecule has 1 aliphatic rings. The van der Waals surface area contributed by atoms with E-state index in [1.54, 1.807) is 0 Å². The van der Waals surface area contributed by atoms with E-state index in [4.69, 9.17) is 10.5 Å². The van der Waals surface area contributed by atoms with Gasteiger partial charge in [0.05, 0.1) is 6.61 Å². The predicted octanol–water partition coefficient (Wildman–Crippen LogP) is 2.68. The van der Waals surface area contributed by atoms with Crippen molar-refractivity contribution in [3.8, 4) is 5.75 Å². The molecule has 0 amide bonds. The molecule has 1 aliphatic heterocycles. The molecule has 1 aromatic carbocycles. The first-order chi connectivity index (χ1) is 8.81. The normalized spacial score (nSPS) is 19.8. The molecular weight excluding hydrogens is 260 g/mol. The van der Waals surface area contributed by atoms with Gasteiger partial charge in [0.1, 0.15) is 5.75 Å². The highest BCUT2D eigenvalue weighted by Crippen LogP contribution is 2.19. The van der Waals surface area contributed by atoms with E-state index < -0.39 is 0 Å². The second kappa shape index (κ2) is 8.41. The van der Waals surface area contributed by atoms with Crippen LogP contribution in [0.3, 0.4) is 0 Å². The van der Waals surface area contributed by atoms with Gasteiger partial charge in [0.25, 0.3) is 0 Å². The molecule has 0 bridgehead atoms. The number of ether oxygens (including phenoxy) is 1. The topological polar surface area (TPSA) is 38.5 Å². The third kappa shape index (κ3) is 5.01. The van der Waals surface area contributed by atoms with E-state index in [1.165, 1.54) is 24.9 Å². The van der Waals surface area contributed by atoms with Crippen LogP contribution in [0.2, 0.25) is 0 Å². The highest BCUT2D eigenvalue weighted by Gasteiger charge is 2.18. The van der Waals surface area contributed by atoms with E-state index in [0.29, 0.717) is 5.92 Å². The molecule has 19 heavy (non-hydrogen) atoms. The van der Waals surface area contributed by atoms with Crippen molar-refractivity contribution in [3.05, 3.63) is 29.8 Å². The summed E-state index contributed by atoms with van der Waals surface area (Å²) in [6.07, 6.45) is 2.55. The molecule has 0 radical (unpaired) electrons. The van der Waals surface area contributed by atoms with Gasteiger partial charge in [-0.25, -0.2) is 0 Å². The van der Waals surface area contributed by atoms with Crippen molar-refractivity contribution >= 4 is 12.4 Å². The van der Waals surface area contributed by atoms with Gasteiger partial charge in [-0.15, -0.1) is 12.4 Å². The summed E-state index contributed by atoms with van der Waals surface area (Å²) >= 11 is 0. The number of likely N-dealkylation sites (tertiary alicyclic amines) is 1. The van der Waals surface area contributed by atoms with E-state index in [-0.39, 0.29) is 12.4 Å². The van der Waals surface area contributed by atoms with Crippen molar-refractivity contribution in [3.63, 3.8) is 0 Å². The molecule has 0 saturated carbocycles. The quantitative estimate of drug-likeness (QED) is 0.903. The summed E-state index contributed by atoms with van der Waals surface area (Å²) in [6.45, 7) is 6.89. The van der Waals surface area contributed by atoms with Gasteiger partial charge in [-0.05, 0) is 56.5 Å². The SMILES string of the molecule is CCOc1cccc(CN2CCCC(CN)C2)c1.Cl. The zero-order chi connectivity index (χ0) is 12.8. The Labute approximate surface area is 122 Å². The smallest absolute Gasteiger partial charge is 0.119 e. The molecule has 0 aromatic heterocycles. The number of hydrogen-bond donors (Lipinski definition) is 1. The van der Waals surface area contributed by atoms with Gasteiger partial charge >= 0.3 is 0 Å². The molecule has 1 aromatic rings. The van der Waals surface area contributed by atoms with Gasteiger partial charge in [-0.3, -0.25) is 4.90 Å². The average molecular weight is 285 g/mol. The monoisotopic (exact) mass is 284 g/mol. The van der Waals surface area contributed by atoms with Crippen molar-refractivity contribution in [2.24, 2.45) is 11.7 Å². The number of nitrogens with zero attached hydrogens (tertiary/aromatic N) is 1. The lowest BCUT2D eigenvalue weighted by atomic mass is 9.98. The van der Waals surface area contributed by atoms with Crippen LogP contribution >= 0.6 is 12.4 Å². The fourth-order valence-corrected chi connectivity index (χ4v) is 2.65. The van der Waals surface area contributed by atoms with Crippen LogP contribution in [0.15, 0.2) is 24.3 Å². The Hall–Kier alpha value is -0.770. The average Bonchev–Trinajstić information content (AvgIpc) is 2.40. The third-order valence-electron chi connectivity index (χ3n) is 3.55. The number of benzene rings is 1. The predicted molar refractivity (Wildman–Crippen MR) is 81.9 cm³/mol. The molecule has 4 heteroatoms. The van der Waals surface area contributed by atoms with Crippen LogP contribution in [0.4, 0.5) is 0 Å². The van der Waals surface area contributed by atoms with Crippen LogP contribution < -0.4 is 10.5 Å². The molecule has 1 fully saturated rings.